The Morgan fingerprint density at radius 1 is 1.38 bits per heavy atom. The number of carboxylic acids is 1. The van der Waals surface area contributed by atoms with E-state index in [1.807, 2.05) is 6.92 Å². The minimum absolute atomic E-state index is 0.0228. The first-order valence-corrected chi connectivity index (χ1v) is 6.27. The molecular formula is C15H16N2O4. The Hall–Kier alpha value is -2.76. The Morgan fingerprint density at radius 3 is 2.81 bits per heavy atom. The highest BCUT2D eigenvalue weighted by Crippen LogP contribution is 2.27. The van der Waals surface area contributed by atoms with Crippen molar-refractivity contribution in [3.8, 4) is 11.5 Å². The van der Waals surface area contributed by atoms with Crippen LogP contribution in [0.4, 0.5) is 5.69 Å². The molecule has 0 aliphatic heterocycles. The average Bonchev–Trinajstić information content (AvgIpc) is 2.45. The van der Waals surface area contributed by atoms with Gasteiger partial charge in [0.15, 0.2) is 5.75 Å². The molecule has 0 bridgehead atoms. The minimum atomic E-state index is -1.09. The Balaban J connectivity index is 2.24. The zero-order valence-electron chi connectivity index (χ0n) is 11.8. The number of para-hydroxylation sites is 1. The maximum absolute atomic E-state index is 11.2. The van der Waals surface area contributed by atoms with Crippen molar-refractivity contribution in [3.63, 3.8) is 0 Å². The Kier molecular flexibility index (Phi) is 4.27. The number of nitrogens with two attached hydrogens (primary N) is 1. The topological polar surface area (TPSA) is 94.7 Å². The molecule has 0 amide bonds. The Morgan fingerprint density at radius 2 is 2.14 bits per heavy atom. The average molecular weight is 288 g/mol. The number of ether oxygens (including phenoxy) is 2. The van der Waals surface area contributed by atoms with Crippen molar-refractivity contribution >= 4 is 11.7 Å². The number of nitrogens with zero attached hydrogens (tertiary/aromatic N) is 1. The van der Waals surface area contributed by atoms with Crippen molar-refractivity contribution in [1.29, 1.82) is 0 Å². The van der Waals surface area contributed by atoms with Crippen LogP contribution in [0.15, 0.2) is 30.3 Å². The van der Waals surface area contributed by atoms with Gasteiger partial charge in [-0.05, 0) is 19.1 Å². The molecule has 0 atom stereocenters. The van der Waals surface area contributed by atoms with Gasteiger partial charge in [0, 0.05) is 17.8 Å². The van der Waals surface area contributed by atoms with Gasteiger partial charge in [0.25, 0.3) is 0 Å². The standard InChI is InChI=1S/C15H16N2O4/c1-9-6-11(20-2)7-10(17-9)8-21-14-12(15(18)19)4-3-5-13(14)16/h3-7H,8,16H2,1-2H3,(H,18,19). The molecule has 3 N–H and O–H groups in total. The Bertz CT molecular complexity index is 671. The summed E-state index contributed by atoms with van der Waals surface area (Å²) in [6.07, 6.45) is 0. The molecule has 0 saturated heterocycles. The number of carboxylic acid groups (broad SMARTS) is 1. The van der Waals surface area contributed by atoms with Crippen LogP contribution in [0, 0.1) is 6.92 Å². The molecule has 2 aromatic rings. The summed E-state index contributed by atoms with van der Waals surface area (Å²) >= 11 is 0. The smallest absolute Gasteiger partial charge is 0.339 e. The van der Waals surface area contributed by atoms with E-state index in [-0.39, 0.29) is 23.6 Å². The van der Waals surface area contributed by atoms with Crippen LogP contribution >= 0.6 is 0 Å². The number of carbonyl (C=O) groups is 1. The second kappa shape index (κ2) is 6.13. The van der Waals surface area contributed by atoms with Crippen LogP contribution in [-0.4, -0.2) is 23.2 Å². The van der Waals surface area contributed by atoms with E-state index in [1.54, 1.807) is 31.4 Å². The Labute approximate surface area is 122 Å². The van der Waals surface area contributed by atoms with Crippen molar-refractivity contribution in [2.24, 2.45) is 0 Å². The largest absolute Gasteiger partial charge is 0.497 e. The molecule has 0 radical (unpaired) electrons. The molecule has 1 heterocycles. The summed E-state index contributed by atoms with van der Waals surface area (Å²) in [6.45, 7) is 1.94. The van der Waals surface area contributed by atoms with Crippen LogP contribution in [0.1, 0.15) is 21.7 Å². The van der Waals surface area contributed by atoms with E-state index in [4.69, 9.17) is 20.3 Å². The molecular weight excluding hydrogens is 272 g/mol. The van der Waals surface area contributed by atoms with Gasteiger partial charge in [-0.2, -0.15) is 0 Å². The van der Waals surface area contributed by atoms with Gasteiger partial charge in [-0.25, -0.2) is 4.79 Å². The molecule has 110 valence electrons. The number of methoxy groups -OCH3 is 1. The van der Waals surface area contributed by atoms with Crippen LogP contribution in [-0.2, 0) is 6.61 Å². The van der Waals surface area contributed by atoms with E-state index in [0.29, 0.717) is 11.4 Å². The van der Waals surface area contributed by atoms with Gasteiger partial charge in [0.05, 0.1) is 18.5 Å². The molecule has 2 rings (SSSR count). The lowest BCUT2D eigenvalue weighted by Crippen LogP contribution is -2.07. The van der Waals surface area contributed by atoms with Gasteiger partial charge in [-0.3, -0.25) is 4.98 Å². The normalized spacial score (nSPS) is 10.2. The first-order valence-electron chi connectivity index (χ1n) is 6.27. The lowest BCUT2D eigenvalue weighted by atomic mass is 10.2. The summed E-state index contributed by atoms with van der Waals surface area (Å²) in [6, 6.07) is 8.12. The van der Waals surface area contributed by atoms with Crippen molar-refractivity contribution in [2.75, 3.05) is 12.8 Å². The van der Waals surface area contributed by atoms with E-state index < -0.39 is 5.97 Å². The summed E-state index contributed by atoms with van der Waals surface area (Å²) in [5.41, 5.74) is 7.49. The molecule has 0 aliphatic rings. The second-order valence-electron chi connectivity index (χ2n) is 4.46. The zero-order chi connectivity index (χ0) is 15.4. The molecule has 0 aliphatic carbocycles. The van der Waals surface area contributed by atoms with E-state index in [9.17, 15) is 4.79 Å². The van der Waals surface area contributed by atoms with Gasteiger partial charge in [0.1, 0.15) is 17.9 Å². The number of aromatic carboxylic acids is 1. The zero-order valence-corrected chi connectivity index (χ0v) is 11.8. The number of hydrogen-bond acceptors (Lipinski definition) is 5. The predicted molar refractivity (Wildman–Crippen MR) is 77.7 cm³/mol. The SMILES string of the molecule is COc1cc(C)nc(COc2c(N)cccc2C(=O)O)c1. The summed E-state index contributed by atoms with van der Waals surface area (Å²) in [7, 11) is 1.57. The number of aromatic nitrogens is 1. The van der Waals surface area contributed by atoms with Crippen LogP contribution < -0.4 is 15.2 Å². The quantitative estimate of drug-likeness (QED) is 0.819. The highest BCUT2D eigenvalue weighted by atomic mass is 16.5. The maximum Gasteiger partial charge on any atom is 0.339 e. The number of rotatable bonds is 5. The fraction of sp³-hybridized carbons (Fsp3) is 0.200. The summed E-state index contributed by atoms with van der Waals surface area (Å²) in [4.78, 5) is 15.5. The van der Waals surface area contributed by atoms with Gasteiger partial charge in [0.2, 0.25) is 0 Å². The van der Waals surface area contributed by atoms with Crippen molar-refractivity contribution < 1.29 is 19.4 Å². The highest BCUT2D eigenvalue weighted by molar-refractivity contribution is 5.93. The third-order valence-electron chi connectivity index (χ3n) is 2.86. The van der Waals surface area contributed by atoms with Gasteiger partial charge in [-0.15, -0.1) is 0 Å². The molecule has 0 fully saturated rings. The van der Waals surface area contributed by atoms with Crippen LogP contribution in [0.25, 0.3) is 0 Å². The van der Waals surface area contributed by atoms with E-state index in [1.165, 1.54) is 6.07 Å². The first kappa shape index (κ1) is 14.6. The van der Waals surface area contributed by atoms with E-state index in [2.05, 4.69) is 4.98 Å². The minimum Gasteiger partial charge on any atom is -0.497 e. The third-order valence-corrected chi connectivity index (χ3v) is 2.86. The third kappa shape index (κ3) is 3.42. The lowest BCUT2D eigenvalue weighted by molar-refractivity contribution is 0.0692. The van der Waals surface area contributed by atoms with E-state index in [0.717, 1.165) is 5.69 Å². The number of nitrogen functional groups attached to an aromatic ring is 1. The van der Waals surface area contributed by atoms with Gasteiger partial charge < -0.3 is 20.3 Å². The van der Waals surface area contributed by atoms with Crippen LogP contribution in [0.5, 0.6) is 11.5 Å². The fourth-order valence-electron chi connectivity index (χ4n) is 1.93. The lowest BCUT2D eigenvalue weighted by Gasteiger charge is -2.12. The number of hydrogen-bond donors (Lipinski definition) is 2. The molecule has 0 unspecified atom stereocenters. The monoisotopic (exact) mass is 288 g/mol. The molecule has 1 aromatic heterocycles. The van der Waals surface area contributed by atoms with Gasteiger partial charge in [-0.1, -0.05) is 6.07 Å². The van der Waals surface area contributed by atoms with Crippen LogP contribution in [0.3, 0.4) is 0 Å². The molecule has 6 heteroatoms. The van der Waals surface area contributed by atoms with Crippen molar-refractivity contribution in [1.82, 2.24) is 4.98 Å². The summed E-state index contributed by atoms with van der Waals surface area (Å²) in [5.74, 6) is -0.278. The number of benzene rings is 1. The highest BCUT2D eigenvalue weighted by Gasteiger charge is 2.14. The molecule has 1 aromatic carbocycles. The second-order valence-corrected chi connectivity index (χ2v) is 4.46. The van der Waals surface area contributed by atoms with Crippen molar-refractivity contribution in [2.45, 2.75) is 13.5 Å². The predicted octanol–water partition coefficient (Wildman–Crippen LogP) is 2.26. The number of pyridine rings is 1. The molecule has 0 saturated carbocycles. The van der Waals surface area contributed by atoms with Crippen molar-refractivity contribution in [3.05, 3.63) is 47.3 Å². The molecule has 0 spiro atoms. The van der Waals surface area contributed by atoms with Gasteiger partial charge >= 0.3 is 5.97 Å². The summed E-state index contributed by atoms with van der Waals surface area (Å²) in [5, 5.41) is 9.14. The number of anilines is 1. The molecule has 6 nitrogen and oxygen atoms in total. The number of aryl methyl sites for hydroxylation is 1. The van der Waals surface area contributed by atoms with E-state index >= 15 is 0 Å². The van der Waals surface area contributed by atoms with Crippen LogP contribution in [0.2, 0.25) is 0 Å². The maximum atomic E-state index is 11.2. The fourth-order valence-corrected chi connectivity index (χ4v) is 1.93. The summed E-state index contributed by atoms with van der Waals surface area (Å²) < 4.78 is 10.7. The molecule has 21 heavy (non-hydrogen) atoms. The first-order chi connectivity index (χ1) is 10.0.